The van der Waals surface area contributed by atoms with E-state index in [1.165, 1.54) is 0 Å². The zero-order chi connectivity index (χ0) is 10.6. The maximum atomic E-state index is 10.3. The average molecular weight is 267 g/mol. The number of aliphatic carboxylic acids is 3. The van der Waals surface area contributed by atoms with E-state index in [0.717, 1.165) is 0 Å². The van der Waals surface area contributed by atoms with E-state index in [2.05, 4.69) is 0 Å². The van der Waals surface area contributed by atoms with Crippen LogP contribution in [-0.2, 0) is 31.2 Å². The summed E-state index contributed by atoms with van der Waals surface area (Å²) >= 11 is 0. The normalized spacial score (nSPS) is 9.40. The summed E-state index contributed by atoms with van der Waals surface area (Å²) in [6.45, 7) is 0. The van der Waals surface area contributed by atoms with E-state index in [-0.39, 0.29) is 22.9 Å². The molecule has 1 radical (unpaired) electrons. The van der Waals surface area contributed by atoms with Crippen molar-refractivity contribution in [3.8, 4) is 0 Å². The van der Waals surface area contributed by atoms with Crippen molar-refractivity contribution in [2.75, 3.05) is 0 Å². The van der Waals surface area contributed by atoms with Gasteiger partial charge in [0, 0.05) is 16.8 Å². The van der Waals surface area contributed by atoms with Crippen molar-refractivity contribution >= 4 is 17.9 Å². The molecule has 0 aliphatic rings. The van der Waals surface area contributed by atoms with E-state index >= 15 is 0 Å². The van der Waals surface area contributed by atoms with Gasteiger partial charge in [0.15, 0.2) is 5.60 Å². The van der Waals surface area contributed by atoms with Gasteiger partial charge in [-0.3, -0.25) is 9.59 Å². The molecule has 6 N–H and O–H groups in total. The molecule has 0 atom stereocenters. The van der Waals surface area contributed by atoms with Crippen LogP contribution in [-0.4, -0.2) is 43.9 Å². The zero-order valence-corrected chi connectivity index (χ0v) is 8.38. The van der Waals surface area contributed by atoms with Crippen LogP contribution in [0.25, 0.3) is 6.15 Å². The van der Waals surface area contributed by atoms with Crippen LogP contribution in [0, 0.1) is 0 Å². The van der Waals surface area contributed by atoms with Crippen molar-refractivity contribution in [3.05, 3.63) is 6.15 Å². The number of carboxylic acid groups (broad SMARTS) is 3. The van der Waals surface area contributed by atoms with Gasteiger partial charge in [-0.05, 0) is 0 Å². The minimum absolute atomic E-state index is 0. The summed E-state index contributed by atoms with van der Waals surface area (Å²) in [5, 5.41) is 33.8. The predicted molar refractivity (Wildman–Crippen MR) is 42.4 cm³/mol. The summed E-state index contributed by atoms with van der Waals surface area (Å²) in [5.74, 6) is -5.02. The Labute approximate surface area is 94.7 Å². The van der Waals surface area contributed by atoms with Crippen LogP contribution in [0.15, 0.2) is 0 Å². The van der Waals surface area contributed by atoms with Crippen molar-refractivity contribution in [2.45, 2.75) is 18.4 Å². The van der Waals surface area contributed by atoms with Gasteiger partial charge in [0.1, 0.15) is 0 Å². The summed E-state index contributed by atoms with van der Waals surface area (Å²) < 4.78 is 0. The first-order valence-electron chi connectivity index (χ1n) is 3.17. The Morgan fingerprint density at radius 3 is 1.33 bits per heavy atom. The molecule has 15 heavy (non-hydrogen) atoms. The number of aliphatic hydroxyl groups is 1. The number of carbonyl (C=O) groups is 3. The van der Waals surface area contributed by atoms with Gasteiger partial charge in [-0.1, -0.05) is 0 Å². The minimum Gasteiger partial charge on any atom is -0.693 e. The molecule has 0 saturated carbocycles. The van der Waals surface area contributed by atoms with Gasteiger partial charge in [0.2, 0.25) is 0 Å². The molecule has 0 saturated heterocycles. The van der Waals surface area contributed by atoms with E-state index < -0.39 is 36.4 Å². The van der Waals surface area contributed by atoms with Gasteiger partial charge in [0.05, 0.1) is 12.8 Å². The average Bonchev–Trinajstić information content (AvgIpc) is 1.82. The van der Waals surface area contributed by atoms with Gasteiger partial charge < -0.3 is 26.6 Å². The van der Waals surface area contributed by atoms with Crippen LogP contribution >= 0.6 is 0 Å². The van der Waals surface area contributed by atoms with E-state index in [0.29, 0.717) is 0 Å². The van der Waals surface area contributed by atoms with Crippen LogP contribution in [0.4, 0.5) is 0 Å². The fourth-order valence-electron chi connectivity index (χ4n) is 0.714. The molecular weight excluding hydrogens is 257 g/mol. The van der Waals surface area contributed by atoms with Crippen LogP contribution in [0.5, 0.6) is 0 Å². The summed E-state index contributed by atoms with van der Waals surface area (Å²) in [5.41, 5.74) is -2.74. The largest absolute Gasteiger partial charge is 0.693 e. The number of carboxylic acids is 3. The maximum absolute atomic E-state index is 10.3. The molecule has 0 aromatic carbocycles. The monoisotopic (exact) mass is 267 g/mol. The van der Waals surface area contributed by atoms with E-state index in [9.17, 15) is 14.4 Å². The van der Waals surface area contributed by atoms with Crippen LogP contribution < -0.4 is 0 Å². The van der Waals surface area contributed by atoms with Gasteiger partial charge in [-0.2, -0.15) is 0 Å². The molecule has 0 spiro atoms. The molecule has 0 aromatic rings. The molecule has 0 aromatic heterocycles. The Morgan fingerprint density at radius 1 is 0.933 bits per heavy atom. The molecule has 0 rings (SSSR count). The molecule has 0 fully saturated rings. The molecule has 0 heterocycles. The third kappa shape index (κ3) is 6.85. The van der Waals surface area contributed by atoms with E-state index in [4.69, 9.17) is 20.4 Å². The van der Waals surface area contributed by atoms with Gasteiger partial charge >= 0.3 is 17.9 Å². The summed E-state index contributed by atoms with van der Waals surface area (Å²) in [4.78, 5) is 30.5. The molecule has 8 nitrogen and oxygen atoms in total. The quantitative estimate of drug-likeness (QED) is 0.519. The zero-order valence-electron chi connectivity index (χ0n) is 7.34. The molecule has 0 amide bonds. The smallest absolute Gasteiger partial charge is 0.336 e. The molecule has 0 aliphatic carbocycles. The van der Waals surface area contributed by atoms with Crippen LogP contribution in [0.1, 0.15) is 12.8 Å². The standard InChI is InChI=1S/C6H8O7.Co.H2N/c7-3(8)1-6(13,5(11)12)2-4(9)10;;/h13H,1-2H2,(H,7,8)(H,9,10)(H,11,12);;1H2/q;;-1. The fourth-order valence-corrected chi connectivity index (χ4v) is 0.714. The van der Waals surface area contributed by atoms with Gasteiger partial charge in [-0.15, -0.1) is 0 Å². The van der Waals surface area contributed by atoms with Crippen molar-refractivity contribution in [1.82, 2.24) is 0 Å². The van der Waals surface area contributed by atoms with Crippen LogP contribution in [0.3, 0.4) is 0 Å². The van der Waals surface area contributed by atoms with Crippen molar-refractivity contribution in [2.24, 2.45) is 0 Å². The molecule has 0 bridgehead atoms. The van der Waals surface area contributed by atoms with Crippen molar-refractivity contribution in [3.63, 3.8) is 0 Å². The molecular formula is C6H10CoNO7-. The number of nitrogens with two attached hydrogens (primary N) is 1. The van der Waals surface area contributed by atoms with Crippen LogP contribution in [0.2, 0.25) is 0 Å². The van der Waals surface area contributed by atoms with Crippen molar-refractivity contribution in [1.29, 1.82) is 0 Å². The van der Waals surface area contributed by atoms with Crippen molar-refractivity contribution < 1.29 is 51.6 Å². The summed E-state index contributed by atoms with van der Waals surface area (Å²) in [6, 6.07) is 0. The fraction of sp³-hybridized carbons (Fsp3) is 0.500. The molecule has 91 valence electrons. The first kappa shape index (κ1) is 19.4. The second-order valence-corrected chi connectivity index (χ2v) is 2.48. The number of hydrogen-bond acceptors (Lipinski definition) is 4. The molecule has 0 aliphatic heterocycles. The second kappa shape index (κ2) is 7.17. The first-order valence-corrected chi connectivity index (χ1v) is 3.17. The Hall–Kier alpha value is -1.16. The Balaban J connectivity index is -0.000000720. The SMILES string of the molecule is O=C(O)CC(O)(CC(=O)O)C(=O)O.[Co].[NH2-]. The maximum Gasteiger partial charge on any atom is 0.336 e. The Kier molecular flexibility index (Phi) is 9.28. The van der Waals surface area contributed by atoms with Gasteiger partial charge in [-0.25, -0.2) is 4.79 Å². The van der Waals surface area contributed by atoms with Gasteiger partial charge in [0.25, 0.3) is 0 Å². The molecule has 0 unspecified atom stereocenters. The minimum atomic E-state index is -2.74. The Bertz CT molecular complexity index is 238. The summed E-state index contributed by atoms with van der Waals surface area (Å²) in [7, 11) is 0. The third-order valence-corrected chi connectivity index (χ3v) is 1.29. The number of rotatable bonds is 5. The number of hydrogen-bond donors (Lipinski definition) is 4. The second-order valence-electron chi connectivity index (χ2n) is 2.48. The molecule has 9 heteroatoms. The topological polar surface area (TPSA) is 166 Å². The third-order valence-electron chi connectivity index (χ3n) is 1.29. The summed E-state index contributed by atoms with van der Waals surface area (Å²) in [6.07, 6.45) is -2.29. The first-order chi connectivity index (χ1) is 5.78. The predicted octanol–water partition coefficient (Wildman–Crippen LogP) is -0.534. The van der Waals surface area contributed by atoms with E-state index in [1.807, 2.05) is 0 Å². The van der Waals surface area contributed by atoms with E-state index in [1.54, 1.807) is 0 Å². The Morgan fingerprint density at radius 2 is 1.20 bits per heavy atom.